The number of thioether (sulfide) groups is 1. The summed E-state index contributed by atoms with van der Waals surface area (Å²) in [6.07, 6.45) is 1.95. The Morgan fingerprint density at radius 1 is 1.14 bits per heavy atom. The van der Waals surface area contributed by atoms with E-state index < -0.39 is 22.7 Å². The van der Waals surface area contributed by atoms with Crippen LogP contribution in [0.5, 0.6) is 0 Å². The molecule has 2 N–H and O–H groups in total. The lowest BCUT2D eigenvalue weighted by Crippen LogP contribution is -2.41. The van der Waals surface area contributed by atoms with Crippen LogP contribution in [0.3, 0.4) is 0 Å². The highest BCUT2D eigenvalue weighted by Crippen LogP contribution is 2.32. The molecule has 0 aliphatic carbocycles. The van der Waals surface area contributed by atoms with E-state index in [1.807, 2.05) is 0 Å². The number of nitro groups is 1. The molecule has 1 fully saturated rings. The SMILES string of the molecule is COC(=O)c1ccc(C=C2SC(=S)N(CCCC(=O)NNC(=O)c3cccc([N+](=O)[O-])c3)C2=O)cc1. The van der Waals surface area contributed by atoms with Crippen molar-refractivity contribution in [3.63, 3.8) is 0 Å². The van der Waals surface area contributed by atoms with Gasteiger partial charge in [-0.1, -0.05) is 42.2 Å². The minimum absolute atomic E-state index is 0.000313. The molecule has 13 heteroatoms. The van der Waals surface area contributed by atoms with Crippen molar-refractivity contribution in [3.8, 4) is 0 Å². The number of nitrogens with zero attached hydrogens (tertiary/aromatic N) is 2. The van der Waals surface area contributed by atoms with Gasteiger partial charge in [0.15, 0.2) is 0 Å². The van der Waals surface area contributed by atoms with E-state index in [1.54, 1.807) is 30.3 Å². The van der Waals surface area contributed by atoms with Crippen molar-refractivity contribution in [1.29, 1.82) is 0 Å². The minimum Gasteiger partial charge on any atom is -0.465 e. The summed E-state index contributed by atoms with van der Waals surface area (Å²) in [6, 6.07) is 11.6. The third kappa shape index (κ3) is 6.73. The molecule has 0 aromatic heterocycles. The van der Waals surface area contributed by atoms with Crippen molar-refractivity contribution in [2.45, 2.75) is 12.8 Å². The van der Waals surface area contributed by atoms with Crippen LogP contribution in [-0.2, 0) is 14.3 Å². The molecule has 1 aliphatic heterocycles. The number of carbonyl (C=O) groups is 4. The van der Waals surface area contributed by atoms with Gasteiger partial charge in [0.1, 0.15) is 4.32 Å². The number of hydrazine groups is 1. The van der Waals surface area contributed by atoms with E-state index >= 15 is 0 Å². The lowest BCUT2D eigenvalue weighted by molar-refractivity contribution is -0.384. The van der Waals surface area contributed by atoms with Crippen LogP contribution in [0.4, 0.5) is 5.69 Å². The van der Waals surface area contributed by atoms with E-state index in [2.05, 4.69) is 15.6 Å². The molecule has 1 saturated heterocycles. The maximum atomic E-state index is 12.7. The van der Waals surface area contributed by atoms with Crippen molar-refractivity contribution < 1.29 is 28.8 Å². The maximum Gasteiger partial charge on any atom is 0.337 e. The van der Waals surface area contributed by atoms with Crippen molar-refractivity contribution >= 4 is 63.8 Å². The standard InChI is InChI=1S/C23H20N4O7S2/c1-34-22(31)15-9-7-14(8-10-15)12-18-21(30)26(23(35)36-18)11-3-6-19(28)24-25-20(29)16-4-2-5-17(13-16)27(32)33/h2,4-5,7-10,12-13H,3,6,11H2,1H3,(H,24,28)(H,25,29). The third-order valence-corrected chi connectivity index (χ3v) is 6.30. The predicted octanol–water partition coefficient (Wildman–Crippen LogP) is 2.82. The molecule has 0 saturated carbocycles. The number of benzene rings is 2. The second-order valence-electron chi connectivity index (χ2n) is 7.36. The van der Waals surface area contributed by atoms with Crippen LogP contribution in [0.1, 0.15) is 39.1 Å². The number of rotatable bonds is 8. The summed E-state index contributed by atoms with van der Waals surface area (Å²) in [5, 5.41) is 10.8. The number of nitro benzene ring substituents is 1. The fraction of sp³-hybridized carbons (Fsp3) is 0.174. The summed E-state index contributed by atoms with van der Waals surface area (Å²) >= 11 is 6.43. The first-order valence-corrected chi connectivity index (χ1v) is 11.7. The number of hydrogen-bond donors (Lipinski definition) is 2. The monoisotopic (exact) mass is 528 g/mol. The Labute approximate surface area is 215 Å². The summed E-state index contributed by atoms with van der Waals surface area (Å²) in [5.41, 5.74) is 5.32. The summed E-state index contributed by atoms with van der Waals surface area (Å²) in [6.45, 7) is 0.204. The molecule has 3 amide bonds. The molecule has 0 atom stereocenters. The highest BCUT2D eigenvalue weighted by atomic mass is 32.2. The number of nitrogens with one attached hydrogen (secondary N) is 2. The van der Waals surface area contributed by atoms with Gasteiger partial charge in [0.05, 0.1) is 22.5 Å². The number of hydrogen-bond acceptors (Lipinski definition) is 9. The average molecular weight is 529 g/mol. The molecule has 2 aromatic carbocycles. The first-order valence-electron chi connectivity index (χ1n) is 10.5. The van der Waals surface area contributed by atoms with Crippen molar-refractivity contribution in [2.24, 2.45) is 0 Å². The molecule has 1 heterocycles. The van der Waals surface area contributed by atoms with E-state index in [1.165, 1.54) is 30.2 Å². The van der Waals surface area contributed by atoms with E-state index in [0.29, 0.717) is 20.4 Å². The molecule has 0 unspecified atom stereocenters. The number of thiocarbonyl (C=S) groups is 1. The number of esters is 1. The Bertz CT molecular complexity index is 1260. The Balaban J connectivity index is 1.48. The number of ether oxygens (including phenoxy) is 1. The lowest BCUT2D eigenvalue weighted by atomic mass is 10.1. The quantitative estimate of drug-likeness (QED) is 0.173. The Morgan fingerprint density at radius 2 is 1.86 bits per heavy atom. The van der Waals surface area contributed by atoms with Crippen LogP contribution in [0.15, 0.2) is 53.4 Å². The van der Waals surface area contributed by atoms with Gasteiger partial charge in [0.25, 0.3) is 17.5 Å². The third-order valence-electron chi connectivity index (χ3n) is 4.92. The van der Waals surface area contributed by atoms with Crippen LogP contribution in [0.2, 0.25) is 0 Å². The first kappa shape index (κ1) is 26.5. The summed E-state index contributed by atoms with van der Waals surface area (Å²) in [4.78, 5) is 60.4. The van der Waals surface area contributed by atoms with E-state index in [9.17, 15) is 29.3 Å². The van der Waals surface area contributed by atoms with Gasteiger partial charge in [-0.2, -0.15) is 0 Å². The second kappa shape index (κ2) is 12.0. The molecule has 11 nitrogen and oxygen atoms in total. The molecule has 1 aliphatic rings. The number of methoxy groups -OCH3 is 1. The number of carbonyl (C=O) groups excluding carboxylic acids is 4. The van der Waals surface area contributed by atoms with Gasteiger partial charge in [0, 0.05) is 30.7 Å². The Hall–Kier alpha value is -4.10. The van der Waals surface area contributed by atoms with Crippen LogP contribution in [-0.4, -0.2) is 51.5 Å². The van der Waals surface area contributed by atoms with Gasteiger partial charge in [-0.3, -0.25) is 40.2 Å². The summed E-state index contributed by atoms with van der Waals surface area (Å²) < 4.78 is 5.02. The van der Waals surface area contributed by atoms with Gasteiger partial charge in [0.2, 0.25) is 5.91 Å². The lowest BCUT2D eigenvalue weighted by Gasteiger charge is -2.14. The van der Waals surface area contributed by atoms with Gasteiger partial charge in [-0.25, -0.2) is 4.79 Å². The first-order chi connectivity index (χ1) is 17.2. The van der Waals surface area contributed by atoms with Crippen molar-refractivity contribution in [1.82, 2.24) is 15.8 Å². The molecule has 0 spiro atoms. The van der Waals surface area contributed by atoms with Gasteiger partial charge in [-0.05, 0) is 36.3 Å². The largest absolute Gasteiger partial charge is 0.465 e. The summed E-state index contributed by atoms with van der Waals surface area (Å²) in [5.74, 6) is -1.95. The normalized spacial score (nSPS) is 14.0. The minimum atomic E-state index is -0.700. The Kier molecular flexibility index (Phi) is 8.86. The maximum absolute atomic E-state index is 12.7. The highest BCUT2D eigenvalue weighted by Gasteiger charge is 2.31. The van der Waals surface area contributed by atoms with Crippen LogP contribution >= 0.6 is 24.0 Å². The summed E-state index contributed by atoms with van der Waals surface area (Å²) in [7, 11) is 1.29. The van der Waals surface area contributed by atoms with Crippen LogP contribution in [0.25, 0.3) is 6.08 Å². The number of non-ortho nitro benzene ring substituents is 1. The Morgan fingerprint density at radius 3 is 2.53 bits per heavy atom. The zero-order valence-corrected chi connectivity index (χ0v) is 20.5. The molecule has 186 valence electrons. The average Bonchev–Trinajstić information content (AvgIpc) is 3.14. The molecule has 3 rings (SSSR count). The molecule has 0 radical (unpaired) electrons. The molecule has 36 heavy (non-hydrogen) atoms. The molecule has 0 bridgehead atoms. The smallest absolute Gasteiger partial charge is 0.337 e. The molecule has 2 aromatic rings. The van der Waals surface area contributed by atoms with Gasteiger partial charge >= 0.3 is 5.97 Å². The van der Waals surface area contributed by atoms with E-state index in [4.69, 9.17) is 12.2 Å². The predicted molar refractivity (Wildman–Crippen MR) is 136 cm³/mol. The molecular weight excluding hydrogens is 508 g/mol. The van der Waals surface area contributed by atoms with Crippen LogP contribution < -0.4 is 10.9 Å². The van der Waals surface area contributed by atoms with E-state index in [-0.39, 0.29) is 36.5 Å². The van der Waals surface area contributed by atoms with Gasteiger partial charge < -0.3 is 4.74 Å². The fourth-order valence-electron chi connectivity index (χ4n) is 3.10. The molecular formula is C23H20N4O7S2. The van der Waals surface area contributed by atoms with Gasteiger partial charge in [-0.15, -0.1) is 0 Å². The van der Waals surface area contributed by atoms with E-state index in [0.717, 1.165) is 17.8 Å². The number of amides is 3. The van der Waals surface area contributed by atoms with Crippen molar-refractivity contribution in [3.05, 3.63) is 80.2 Å². The zero-order chi connectivity index (χ0) is 26.2. The van der Waals surface area contributed by atoms with Crippen LogP contribution in [0, 0.1) is 10.1 Å². The highest BCUT2D eigenvalue weighted by molar-refractivity contribution is 8.26. The zero-order valence-electron chi connectivity index (χ0n) is 18.9. The van der Waals surface area contributed by atoms with Crippen molar-refractivity contribution in [2.75, 3.05) is 13.7 Å². The second-order valence-corrected chi connectivity index (χ2v) is 9.04. The fourth-order valence-corrected chi connectivity index (χ4v) is 4.41. The topological polar surface area (TPSA) is 148 Å².